The van der Waals surface area contributed by atoms with E-state index in [4.69, 9.17) is 14.1 Å². The zero-order chi connectivity index (χ0) is 3.58. The smallest absolute Gasteiger partial charge is 1.00 e. The summed E-state index contributed by atoms with van der Waals surface area (Å²) in [6.45, 7) is 0. The average molecular weight is 222 g/mol. The van der Waals surface area contributed by atoms with Gasteiger partial charge in [0, 0.05) is 21.7 Å². The number of hydrogen-bond acceptors (Lipinski definition) is 1. The second kappa shape index (κ2) is 49.2. The molecule has 0 aromatic rings. The minimum atomic E-state index is -3.13. The Bertz CT molecular complexity index is 41.4. The molecule has 0 aromatic carbocycles. The Balaban J connectivity index is -0.00000000214. The Morgan fingerprint density at radius 3 is 1.00 bits per heavy atom. The van der Waals surface area contributed by atoms with E-state index in [-0.39, 0.29) is 74.6 Å². The van der Waals surface area contributed by atoms with Crippen LogP contribution in [0.25, 0.3) is 0 Å². The molecule has 7 nitrogen and oxygen atoms in total. The molecule has 10 heavy (non-hydrogen) atoms. The summed E-state index contributed by atoms with van der Waals surface area (Å²) in [6, 6.07) is 0. The second-order valence-electron chi connectivity index (χ2n) is 0.283. The summed E-state index contributed by atoms with van der Waals surface area (Å²) in [7, 11) is -3.13. The van der Waals surface area contributed by atoms with Crippen molar-refractivity contribution in [3.8, 4) is 0 Å². The molecule has 10 heteroatoms. The van der Waals surface area contributed by atoms with E-state index in [1.54, 1.807) is 0 Å². The van der Waals surface area contributed by atoms with E-state index in [1.165, 1.54) is 0 Å². The van der Waals surface area contributed by atoms with Crippen molar-refractivity contribution in [2.24, 2.45) is 0 Å². The maximum atomic E-state index is 8.74. The van der Waals surface area contributed by atoms with Gasteiger partial charge < -0.3 is 32.9 Å². The van der Waals surface area contributed by atoms with Crippen LogP contribution in [0.15, 0.2) is 0 Å². The van der Waals surface area contributed by atoms with Gasteiger partial charge in [-0.2, -0.15) is 0 Å². The molecule has 0 radical (unpaired) electrons. The fraction of sp³-hybridized carbons (Fsp3) is 0. The van der Waals surface area contributed by atoms with Crippen LogP contribution in [-0.4, -0.2) is 40.7 Å². The largest absolute Gasteiger partial charge is 1.00 e. The Hall–Kier alpha value is 1.17. The van der Waals surface area contributed by atoms with E-state index < -0.39 is 9.17 Å². The molecule has 0 aliphatic rings. The molecule has 0 aliphatic heterocycles. The summed E-state index contributed by atoms with van der Waals surface area (Å²) in [5.41, 5.74) is 0. The molecule has 0 aliphatic carbocycles. The third-order valence-electron chi connectivity index (χ3n) is 0. The quantitative estimate of drug-likeness (QED) is 0.386. The molecule has 0 aromatic heterocycles. The average Bonchev–Trinajstić information content (AvgIpc) is 0.811. The molecule has 0 bridgehead atoms. The molecule has 0 unspecified atom stereocenters. The maximum Gasteiger partial charge on any atom is 1.00 e. The van der Waals surface area contributed by atoms with Gasteiger partial charge in [0.05, 0.1) is 0 Å². The van der Waals surface area contributed by atoms with Gasteiger partial charge in [-0.1, -0.05) is 0 Å². The summed E-state index contributed by atoms with van der Waals surface area (Å²) in [5, 5.41) is 0. The van der Waals surface area contributed by atoms with Gasteiger partial charge in [0.1, 0.15) is 0 Å². The monoisotopic (exact) mass is 222 g/mol. The van der Waals surface area contributed by atoms with Gasteiger partial charge in [0.15, 0.2) is 0 Å². The molecule has 0 rings (SSSR count). The molecule has 0 fully saturated rings. The molecule has 0 saturated heterocycles. The van der Waals surface area contributed by atoms with Gasteiger partial charge >= 0.3 is 38.7 Å². The summed E-state index contributed by atoms with van der Waals surface area (Å²) in [6.07, 6.45) is 0. The van der Waals surface area contributed by atoms with Crippen molar-refractivity contribution in [1.29, 1.82) is 0 Å². The third-order valence-corrected chi connectivity index (χ3v) is 0. The Labute approximate surface area is 97.2 Å². The van der Waals surface area contributed by atoms with Crippen molar-refractivity contribution in [2.75, 3.05) is 0 Å². The summed E-state index contributed by atoms with van der Waals surface area (Å²) in [4.78, 5) is 14.3. The van der Waals surface area contributed by atoms with Gasteiger partial charge in [-0.05, 0) is 0 Å². The van der Waals surface area contributed by atoms with Gasteiger partial charge in [-0.15, -0.1) is 0 Å². The summed E-state index contributed by atoms with van der Waals surface area (Å²) in [5.74, 6) is 0. The molecule has 62 valence electrons. The first kappa shape index (κ1) is 66.4. The summed E-state index contributed by atoms with van der Waals surface area (Å²) >= 11 is 0. The second-order valence-corrected chi connectivity index (χ2v) is 0.848. The fourth-order valence-corrected chi connectivity index (χ4v) is 0. The van der Waals surface area contributed by atoms with Crippen molar-refractivity contribution in [3.05, 3.63) is 0 Å². The zero-order valence-electron chi connectivity index (χ0n) is 6.30. The normalized spacial score (nSPS) is 2.40. The van der Waals surface area contributed by atoms with Crippen LogP contribution in [0.4, 0.5) is 0 Å². The number of rotatable bonds is 0. The van der Waals surface area contributed by atoms with E-state index in [0.717, 1.165) is 0 Å². The molecule has 0 atom stereocenters. The minimum absolute atomic E-state index is 0. The van der Waals surface area contributed by atoms with E-state index in [1.807, 2.05) is 0 Å². The van der Waals surface area contributed by atoms with Crippen molar-refractivity contribution >= 4 is 9.17 Å². The molecule has 0 spiro atoms. The standard InChI is InChI=1S/Na.H2O3Si.4H2O.Ti.H/c;1-4(2)3;;;;;;/h;1-2H;4*1H2;;/q+1;;;;;;;-1. The van der Waals surface area contributed by atoms with E-state index in [9.17, 15) is 0 Å². The first-order valence-corrected chi connectivity index (χ1v) is 1.95. The topological polar surface area (TPSA) is 184 Å². The van der Waals surface area contributed by atoms with Gasteiger partial charge in [0.25, 0.3) is 0 Å². The van der Waals surface area contributed by atoms with Crippen LogP contribution in [0.5, 0.6) is 0 Å². The fourth-order valence-electron chi connectivity index (χ4n) is 0. The Kier molecular flexibility index (Phi) is 327. The van der Waals surface area contributed by atoms with E-state index in [0.29, 0.717) is 0 Å². The molecular formula is H11NaO7SiTi. The van der Waals surface area contributed by atoms with Crippen LogP contribution in [0.3, 0.4) is 0 Å². The van der Waals surface area contributed by atoms with Crippen LogP contribution in [0, 0.1) is 0 Å². The predicted octanol–water partition coefficient (Wildman–Crippen LogP) is -7.80. The first-order chi connectivity index (χ1) is 1.73. The first-order valence-electron chi connectivity index (χ1n) is 0.651. The Morgan fingerprint density at radius 1 is 1.00 bits per heavy atom. The molecule has 0 saturated carbocycles. The van der Waals surface area contributed by atoms with Crippen LogP contribution in [0.2, 0.25) is 0 Å². The van der Waals surface area contributed by atoms with Gasteiger partial charge in [-0.25, -0.2) is 0 Å². The molecule has 0 heterocycles. The van der Waals surface area contributed by atoms with Crippen LogP contribution >= 0.6 is 0 Å². The van der Waals surface area contributed by atoms with Gasteiger partial charge in [0.2, 0.25) is 0 Å². The molecule has 10 N–H and O–H groups in total. The van der Waals surface area contributed by atoms with Crippen LogP contribution in [-0.2, 0) is 26.2 Å². The minimum Gasteiger partial charge on any atom is -1.00 e. The van der Waals surface area contributed by atoms with Crippen LogP contribution in [0.1, 0.15) is 1.43 Å². The summed E-state index contributed by atoms with van der Waals surface area (Å²) < 4.78 is 8.74. The van der Waals surface area contributed by atoms with Crippen molar-refractivity contribution in [2.45, 2.75) is 0 Å². The van der Waals surface area contributed by atoms with Crippen molar-refractivity contribution in [3.63, 3.8) is 0 Å². The maximum absolute atomic E-state index is 8.74. The van der Waals surface area contributed by atoms with Crippen molar-refractivity contribution < 1.29 is 88.7 Å². The van der Waals surface area contributed by atoms with Crippen LogP contribution < -0.4 is 29.6 Å². The predicted molar refractivity (Wildman–Crippen MR) is 26.4 cm³/mol. The van der Waals surface area contributed by atoms with E-state index in [2.05, 4.69) is 0 Å². The molecular weight excluding hydrogens is 211 g/mol. The zero-order valence-corrected chi connectivity index (χ0v) is 9.86. The third kappa shape index (κ3) is 446. The van der Waals surface area contributed by atoms with Crippen molar-refractivity contribution in [1.82, 2.24) is 0 Å². The molecule has 0 amide bonds. The SMILES string of the molecule is O.O.O.O.O=[Si](O)O.[H-].[Na+].[Ti]. The Morgan fingerprint density at radius 2 is 1.00 bits per heavy atom. The van der Waals surface area contributed by atoms with E-state index >= 15 is 0 Å². The number of hydrogen-bond donors (Lipinski definition) is 2. The van der Waals surface area contributed by atoms with Gasteiger partial charge in [-0.3, -0.25) is 4.46 Å².